The highest BCUT2D eigenvalue weighted by Crippen LogP contribution is 2.15. The summed E-state index contributed by atoms with van der Waals surface area (Å²) in [5.74, 6) is 1.13. The normalized spacial score (nSPS) is 11.1. The van der Waals surface area contributed by atoms with Crippen molar-refractivity contribution >= 4 is 0 Å². The summed E-state index contributed by atoms with van der Waals surface area (Å²) < 4.78 is 2.38. The lowest BCUT2D eigenvalue weighted by Gasteiger charge is -2.10. The molecule has 0 aliphatic carbocycles. The van der Waals surface area contributed by atoms with E-state index in [4.69, 9.17) is 0 Å². The highest BCUT2D eigenvalue weighted by molar-refractivity contribution is 5.17. The molecule has 1 aromatic heterocycles. The van der Waals surface area contributed by atoms with Crippen molar-refractivity contribution in [2.75, 3.05) is 0 Å². The van der Waals surface area contributed by atoms with E-state index < -0.39 is 0 Å². The van der Waals surface area contributed by atoms with E-state index in [-0.39, 0.29) is 0 Å². The molecule has 0 saturated carbocycles. The minimum Gasteiger partial charge on any atom is -0.328 e. The quantitative estimate of drug-likeness (QED) is 0.371. The SMILES string of the molecule is CCCCCCCCCCCCc1cnc(C)n1Cc1ccccc1. The summed E-state index contributed by atoms with van der Waals surface area (Å²) in [7, 11) is 0. The molecule has 1 aromatic carbocycles. The van der Waals surface area contributed by atoms with Crippen molar-refractivity contribution < 1.29 is 0 Å². The van der Waals surface area contributed by atoms with E-state index in [1.54, 1.807) is 0 Å². The Bertz CT molecular complexity index is 571. The molecule has 0 unspecified atom stereocenters. The van der Waals surface area contributed by atoms with Crippen LogP contribution in [0.15, 0.2) is 36.5 Å². The van der Waals surface area contributed by atoms with Gasteiger partial charge in [-0.2, -0.15) is 0 Å². The number of benzene rings is 1. The fourth-order valence-electron chi connectivity index (χ4n) is 3.49. The van der Waals surface area contributed by atoms with Gasteiger partial charge in [0.05, 0.1) is 0 Å². The summed E-state index contributed by atoms with van der Waals surface area (Å²) in [6.07, 6.45) is 17.2. The van der Waals surface area contributed by atoms with Crippen LogP contribution in [0.25, 0.3) is 0 Å². The van der Waals surface area contributed by atoms with Crippen LogP contribution in [0.2, 0.25) is 0 Å². The molecule has 0 spiro atoms. The molecule has 1 heterocycles. The van der Waals surface area contributed by atoms with Crippen molar-refractivity contribution in [1.82, 2.24) is 9.55 Å². The van der Waals surface area contributed by atoms with Crippen LogP contribution in [0.3, 0.4) is 0 Å². The van der Waals surface area contributed by atoms with Crippen LogP contribution < -0.4 is 0 Å². The molecule has 25 heavy (non-hydrogen) atoms. The van der Waals surface area contributed by atoms with Crippen LogP contribution >= 0.6 is 0 Å². The number of hydrogen-bond donors (Lipinski definition) is 0. The minimum atomic E-state index is 0.944. The molecule has 0 amide bonds. The zero-order valence-corrected chi connectivity index (χ0v) is 16.3. The van der Waals surface area contributed by atoms with Gasteiger partial charge < -0.3 is 4.57 Å². The molecule has 0 aliphatic rings. The number of hydrogen-bond acceptors (Lipinski definition) is 1. The van der Waals surface area contributed by atoms with Crippen LogP contribution in [0.5, 0.6) is 0 Å². The zero-order valence-electron chi connectivity index (χ0n) is 16.3. The first-order valence-electron chi connectivity index (χ1n) is 10.4. The van der Waals surface area contributed by atoms with Gasteiger partial charge in [-0.3, -0.25) is 0 Å². The summed E-state index contributed by atoms with van der Waals surface area (Å²) in [6, 6.07) is 10.7. The standard InChI is InChI=1S/C23H36N2/c1-3-4-5-6-7-8-9-10-11-15-18-23-19-24-21(2)25(23)20-22-16-13-12-14-17-22/h12-14,16-17,19H,3-11,15,18,20H2,1-2H3. The molecule has 0 radical (unpaired) electrons. The van der Waals surface area contributed by atoms with Gasteiger partial charge >= 0.3 is 0 Å². The first-order valence-corrected chi connectivity index (χ1v) is 10.4. The summed E-state index contributed by atoms with van der Waals surface area (Å²) in [4.78, 5) is 4.54. The van der Waals surface area contributed by atoms with Crippen LogP contribution in [-0.2, 0) is 13.0 Å². The average Bonchev–Trinajstić information content (AvgIpc) is 2.97. The van der Waals surface area contributed by atoms with Crippen molar-refractivity contribution in [3.8, 4) is 0 Å². The summed E-state index contributed by atoms with van der Waals surface area (Å²) in [5, 5.41) is 0. The van der Waals surface area contributed by atoms with E-state index in [2.05, 4.69) is 59.9 Å². The first-order chi connectivity index (χ1) is 12.3. The number of rotatable bonds is 13. The molecule has 0 fully saturated rings. The van der Waals surface area contributed by atoms with Crippen LogP contribution in [-0.4, -0.2) is 9.55 Å². The van der Waals surface area contributed by atoms with E-state index >= 15 is 0 Å². The number of nitrogens with zero attached hydrogens (tertiary/aromatic N) is 2. The highest BCUT2D eigenvalue weighted by Gasteiger charge is 2.07. The van der Waals surface area contributed by atoms with Crippen LogP contribution in [0, 0.1) is 6.92 Å². The Morgan fingerprint density at radius 1 is 0.800 bits per heavy atom. The van der Waals surface area contributed by atoms with Gasteiger partial charge in [0.25, 0.3) is 0 Å². The van der Waals surface area contributed by atoms with E-state index in [1.165, 1.54) is 75.5 Å². The third-order valence-corrected chi connectivity index (χ3v) is 5.11. The average molecular weight is 341 g/mol. The number of aryl methyl sites for hydroxylation is 2. The van der Waals surface area contributed by atoms with Crippen molar-refractivity contribution in [2.45, 2.75) is 91.0 Å². The van der Waals surface area contributed by atoms with Crippen molar-refractivity contribution in [1.29, 1.82) is 0 Å². The molecule has 2 aromatic rings. The molecule has 0 N–H and O–H groups in total. The molecular formula is C23H36N2. The number of imidazole rings is 1. The fraction of sp³-hybridized carbons (Fsp3) is 0.609. The maximum Gasteiger partial charge on any atom is 0.106 e. The maximum absolute atomic E-state index is 4.54. The molecule has 138 valence electrons. The molecule has 2 rings (SSSR count). The Kier molecular flexibility index (Phi) is 9.40. The first kappa shape index (κ1) is 19.8. The Labute approximate surface area is 154 Å². The van der Waals surface area contributed by atoms with Gasteiger partial charge in [0.1, 0.15) is 5.82 Å². The molecular weight excluding hydrogens is 304 g/mol. The smallest absolute Gasteiger partial charge is 0.106 e. The lowest BCUT2D eigenvalue weighted by molar-refractivity contribution is 0.552. The summed E-state index contributed by atoms with van der Waals surface area (Å²) in [5.41, 5.74) is 2.74. The molecule has 0 bridgehead atoms. The summed E-state index contributed by atoms with van der Waals surface area (Å²) in [6.45, 7) is 5.35. The monoisotopic (exact) mass is 340 g/mol. The number of unbranched alkanes of at least 4 members (excludes halogenated alkanes) is 9. The Morgan fingerprint density at radius 2 is 1.40 bits per heavy atom. The van der Waals surface area contributed by atoms with Gasteiger partial charge in [0.15, 0.2) is 0 Å². The lowest BCUT2D eigenvalue weighted by atomic mass is 10.1. The second-order valence-corrected chi connectivity index (χ2v) is 7.30. The Hall–Kier alpha value is -1.57. The zero-order chi connectivity index (χ0) is 17.7. The third-order valence-electron chi connectivity index (χ3n) is 5.11. The maximum atomic E-state index is 4.54. The largest absolute Gasteiger partial charge is 0.328 e. The molecule has 0 atom stereocenters. The third kappa shape index (κ3) is 7.46. The van der Waals surface area contributed by atoms with Crippen LogP contribution in [0.4, 0.5) is 0 Å². The van der Waals surface area contributed by atoms with Gasteiger partial charge in [0, 0.05) is 18.4 Å². The van der Waals surface area contributed by atoms with Crippen LogP contribution in [0.1, 0.15) is 88.2 Å². The van der Waals surface area contributed by atoms with Gasteiger partial charge in [-0.25, -0.2) is 4.98 Å². The lowest BCUT2D eigenvalue weighted by Crippen LogP contribution is -2.06. The fourth-order valence-corrected chi connectivity index (χ4v) is 3.49. The van der Waals surface area contributed by atoms with Crippen molar-refractivity contribution in [2.24, 2.45) is 0 Å². The van der Waals surface area contributed by atoms with Gasteiger partial charge in [0.2, 0.25) is 0 Å². The van der Waals surface area contributed by atoms with Gasteiger partial charge in [-0.15, -0.1) is 0 Å². The predicted molar refractivity (Wildman–Crippen MR) is 108 cm³/mol. The van der Waals surface area contributed by atoms with Gasteiger partial charge in [-0.05, 0) is 25.3 Å². The summed E-state index contributed by atoms with van der Waals surface area (Å²) >= 11 is 0. The van der Waals surface area contributed by atoms with E-state index in [0.717, 1.165) is 18.8 Å². The van der Waals surface area contributed by atoms with E-state index in [0.29, 0.717) is 0 Å². The highest BCUT2D eigenvalue weighted by atomic mass is 15.1. The van der Waals surface area contributed by atoms with Crippen molar-refractivity contribution in [3.05, 3.63) is 53.6 Å². The molecule has 2 nitrogen and oxygen atoms in total. The molecule has 0 aliphatic heterocycles. The molecule has 0 saturated heterocycles. The van der Waals surface area contributed by atoms with Gasteiger partial charge in [-0.1, -0.05) is 95.0 Å². The molecule has 2 heteroatoms. The van der Waals surface area contributed by atoms with E-state index in [1.807, 2.05) is 0 Å². The number of aromatic nitrogens is 2. The second kappa shape index (κ2) is 11.9. The predicted octanol–water partition coefficient (Wildman–Crippen LogP) is 6.70. The topological polar surface area (TPSA) is 17.8 Å². The van der Waals surface area contributed by atoms with E-state index in [9.17, 15) is 0 Å². The Balaban J connectivity index is 1.63. The Morgan fingerprint density at radius 3 is 2.04 bits per heavy atom. The minimum absolute atomic E-state index is 0.944. The second-order valence-electron chi connectivity index (χ2n) is 7.30. The van der Waals surface area contributed by atoms with Crippen molar-refractivity contribution in [3.63, 3.8) is 0 Å².